The molecule has 0 spiro atoms. The molecule has 7 nitrogen and oxygen atoms in total. The molecular weight excluding hydrogens is 342 g/mol. The predicted octanol–water partition coefficient (Wildman–Crippen LogP) is 2.85. The van der Waals surface area contributed by atoms with Crippen LogP contribution in [0, 0.1) is 0 Å². The number of nitrogens with one attached hydrogen (secondary N) is 2. The van der Waals surface area contributed by atoms with Gasteiger partial charge in [-0.25, -0.2) is 4.79 Å². The van der Waals surface area contributed by atoms with Gasteiger partial charge in [0.15, 0.2) is 0 Å². The minimum Gasteiger partial charge on any atom is -0.359 e. The summed E-state index contributed by atoms with van der Waals surface area (Å²) in [7, 11) is 3.47. The Hall–Kier alpha value is -3.35. The Morgan fingerprint density at radius 2 is 2.07 bits per heavy atom. The Kier molecular flexibility index (Phi) is 4.27. The van der Waals surface area contributed by atoms with Crippen LogP contribution in [0.4, 0.5) is 10.5 Å². The molecule has 0 radical (unpaired) electrons. The highest BCUT2D eigenvalue weighted by Gasteiger charge is 2.25. The maximum absolute atomic E-state index is 12.9. The summed E-state index contributed by atoms with van der Waals surface area (Å²) in [4.78, 5) is 35.9. The monoisotopic (exact) mass is 363 g/mol. The number of amides is 3. The van der Waals surface area contributed by atoms with E-state index in [1.54, 1.807) is 36.3 Å². The van der Waals surface area contributed by atoms with Crippen molar-refractivity contribution in [3.63, 3.8) is 0 Å². The van der Waals surface area contributed by atoms with Gasteiger partial charge in [-0.1, -0.05) is 12.1 Å². The van der Waals surface area contributed by atoms with Gasteiger partial charge in [-0.3, -0.25) is 9.78 Å². The lowest BCUT2D eigenvalue weighted by Gasteiger charge is -2.31. The Labute approximate surface area is 157 Å². The number of nitrogens with zero attached hydrogens (tertiary/aromatic N) is 3. The summed E-state index contributed by atoms with van der Waals surface area (Å²) in [6.45, 7) is 1.05. The Morgan fingerprint density at radius 1 is 1.22 bits per heavy atom. The van der Waals surface area contributed by atoms with E-state index >= 15 is 0 Å². The summed E-state index contributed by atoms with van der Waals surface area (Å²) >= 11 is 0. The van der Waals surface area contributed by atoms with E-state index in [1.165, 1.54) is 0 Å². The van der Waals surface area contributed by atoms with Crippen molar-refractivity contribution in [1.82, 2.24) is 19.8 Å². The van der Waals surface area contributed by atoms with E-state index in [0.717, 1.165) is 27.7 Å². The van der Waals surface area contributed by atoms with Crippen LogP contribution in [0.25, 0.3) is 10.9 Å². The molecule has 27 heavy (non-hydrogen) atoms. The lowest BCUT2D eigenvalue weighted by molar-refractivity contribution is 0.102. The second-order valence-electron chi connectivity index (χ2n) is 6.87. The number of aromatic amines is 1. The molecular formula is C20H21N5O2. The number of aromatic nitrogens is 2. The number of hydrogen-bond donors (Lipinski definition) is 2. The van der Waals surface area contributed by atoms with Crippen molar-refractivity contribution in [3.05, 3.63) is 59.5 Å². The number of carbonyl (C=O) groups excluding carboxylic acids is 2. The first-order valence-corrected chi connectivity index (χ1v) is 8.84. The van der Waals surface area contributed by atoms with Crippen molar-refractivity contribution < 1.29 is 9.59 Å². The molecule has 7 heteroatoms. The minimum atomic E-state index is -0.186. The molecule has 0 unspecified atom stereocenters. The normalized spacial score (nSPS) is 13.3. The highest BCUT2D eigenvalue weighted by molar-refractivity contribution is 6.09. The first kappa shape index (κ1) is 17.1. The molecule has 0 saturated heterocycles. The first-order valence-electron chi connectivity index (χ1n) is 8.84. The minimum absolute atomic E-state index is 0.0334. The summed E-state index contributed by atoms with van der Waals surface area (Å²) in [5, 5.41) is 4.03. The number of benzene rings is 1. The van der Waals surface area contributed by atoms with E-state index in [-0.39, 0.29) is 11.9 Å². The molecule has 2 N–H and O–H groups in total. The number of hydrogen-bond acceptors (Lipinski definition) is 3. The van der Waals surface area contributed by atoms with Gasteiger partial charge in [0.2, 0.25) is 0 Å². The van der Waals surface area contributed by atoms with Crippen molar-refractivity contribution in [2.24, 2.45) is 0 Å². The van der Waals surface area contributed by atoms with Gasteiger partial charge >= 0.3 is 6.03 Å². The summed E-state index contributed by atoms with van der Waals surface area (Å²) in [5.74, 6) is -0.186. The molecule has 138 valence electrons. The topological polar surface area (TPSA) is 81.3 Å². The van der Waals surface area contributed by atoms with Crippen molar-refractivity contribution >= 4 is 28.5 Å². The summed E-state index contributed by atoms with van der Waals surface area (Å²) < 4.78 is 0. The van der Waals surface area contributed by atoms with Gasteiger partial charge in [0, 0.05) is 51.2 Å². The largest absolute Gasteiger partial charge is 0.359 e. The number of fused-ring (bicyclic) bond motifs is 2. The quantitative estimate of drug-likeness (QED) is 0.735. The van der Waals surface area contributed by atoms with Crippen LogP contribution in [0.2, 0.25) is 0 Å². The standard InChI is InChI=1S/C20H21N5O2/c1-24(2)20(27)25-9-7-15-14(12-25)10-21-11-16(15)19(26)23-17-5-3-4-13-6-8-22-18(13)17/h3-6,8,10-11,22H,7,9,12H2,1-2H3,(H,23,26). The molecule has 0 bridgehead atoms. The zero-order valence-electron chi connectivity index (χ0n) is 15.3. The molecule has 3 aromatic rings. The molecule has 3 heterocycles. The fourth-order valence-corrected chi connectivity index (χ4v) is 3.51. The third kappa shape index (κ3) is 3.12. The number of urea groups is 1. The number of H-pyrrole nitrogens is 1. The van der Waals surface area contributed by atoms with Crippen molar-refractivity contribution in [1.29, 1.82) is 0 Å². The number of carbonyl (C=O) groups is 2. The summed E-state index contributed by atoms with van der Waals surface area (Å²) in [6.07, 6.45) is 5.83. The zero-order chi connectivity index (χ0) is 19.0. The van der Waals surface area contributed by atoms with Gasteiger partial charge in [0.25, 0.3) is 5.91 Å². The van der Waals surface area contributed by atoms with Crippen LogP contribution in [0.5, 0.6) is 0 Å². The van der Waals surface area contributed by atoms with Crippen LogP contribution in [0.1, 0.15) is 21.5 Å². The third-order valence-corrected chi connectivity index (χ3v) is 4.87. The van der Waals surface area contributed by atoms with Crippen molar-refractivity contribution in [2.45, 2.75) is 13.0 Å². The van der Waals surface area contributed by atoms with Gasteiger partial charge in [0.1, 0.15) is 0 Å². The van der Waals surface area contributed by atoms with Crippen LogP contribution in [0.3, 0.4) is 0 Å². The molecule has 4 rings (SSSR count). The average molecular weight is 363 g/mol. The van der Waals surface area contributed by atoms with Crippen LogP contribution in [-0.2, 0) is 13.0 Å². The number of rotatable bonds is 2. The van der Waals surface area contributed by atoms with E-state index in [4.69, 9.17) is 0 Å². The maximum Gasteiger partial charge on any atom is 0.319 e. The SMILES string of the molecule is CN(C)C(=O)N1CCc2c(cncc2C(=O)Nc2cccc3cc[nH]c23)C1. The highest BCUT2D eigenvalue weighted by atomic mass is 16.2. The van der Waals surface area contributed by atoms with Gasteiger partial charge in [-0.05, 0) is 29.7 Å². The molecule has 1 aliphatic rings. The second kappa shape index (κ2) is 6.75. The molecule has 0 saturated carbocycles. The van der Waals surface area contributed by atoms with E-state index in [1.807, 2.05) is 30.5 Å². The van der Waals surface area contributed by atoms with E-state index in [9.17, 15) is 9.59 Å². The third-order valence-electron chi connectivity index (χ3n) is 4.87. The zero-order valence-corrected chi connectivity index (χ0v) is 15.3. The smallest absolute Gasteiger partial charge is 0.319 e. The van der Waals surface area contributed by atoms with Gasteiger partial charge in [-0.15, -0.1) is 0 Å². The highest BCUT2D eigenvalue weighted by Crippen LogP contribution is 2.25. The predicted molar refractivity (Wildman–Crippen MR) is 104 cm³/mol. The molecule has 0 fully saturated rings. The lowest BCUT2D eigenvalue weighted by Crippen LogP contribution is -2.42. The molecule has 0 atom stereocenters. The Bertz CT molecular complexity index is 1020. The fourth-order valence-electron chi connectivity index (χ4n) is 3.51. The lowest BCUT2D eigenvalue weighted by atomic mass is 9.96. The molecule has 1 aromatic carbocycles. The molecule has 1 aliphatic heterocycles. The average Bonchev–Trinajstić information content (AvgIpc) is 3.16. The van der Waals surface area contributed by atoms with Crippen LogP contribution < -0.4 is 5.32 Å². The summed E-state index contributed by atoms with van der Waals surface area (Å²) in [6, 6.07) is 7.71. The molecule has 2 aromatic heterocycles. The maximum atomic E-state index is 12.9. The number of anilines is 1. The summed E-state index contributed by atoms with van der Waals surface area (Å²) in [5.41, 5.74) is 4.07. The van der Waals surface area contributed by atoms with Gasteiger partial charge in [-0.2, -0.15) is 0 Å². The van der Waals surface area contributed by atoms with E-state index in [2.05, 4.69) is 15.3 Å². The Balaban J connectivity index is 1.60. The second-order valence-corrected chi connectivity index (χ2v) is 6.87. The van der Waals surface area contributed by atoms with E-state index in [0.29, 0.717) is 25.1 Å². The molecule has 0 aliphatic carbocycles. The van der Waals surface area contributed by atoms with Gasteiger partial charge < -0.3 is 20.1 Å². The first-order chi connectivity index (χ1) is 13.0. The number of para-hydroxylation sites is 1. The Morgan fingerprint density at radius 3 is 2.89 bits per heavy atom. The fraction of sp³-hybridized carbons (Fsp3) is 0.250. The van der Waals surface area contributed by atoms with Crippen LogP contribution in [0.15, 0.2) is 42.9 Å². The van der Waals surface area contributed by atoms with Gasteiger partial charge in [0.05, 0.1) is 16.8 Å². The van der Waals surface area contributed by atoms with Crippen LogP contribution >= 0.6 is 0 Å². The van der Waals surface area contributed by atoms with E-state index < -0.39 is 0 Å². The van der Waals surface area contributed by atoms with Crippen molar-refractivity contribution in [2.75, 3.05) is 26.0 Å². The molecule has 3 amide bonds. The van der Waals surface area contributed by atoms with Crippen LogP contribution in [-0.4, -0.2) is 52.3 Å². The van der Waals surface area contributed by atoms with Crippen molar-refractivity contribution in [3.8, 4) is 0 Å². The number of pyridine rings is 1.